The molecule has 2 aromatic carbocycles. The molecule has 108 valence electrons. The number of benzene rings is 2. The summed E-state index contributed by atoms with van der Waals surface area (Å²) in [5.41, 5.74) is 1.24. The second-order valence-electron chi connectivity index (χ2n) is 4.33. The summed E-state index contributed by atoms with van der Waals surface area (Å²) in [6.45, 7) is 0.289. The predicted octanol–water partition coefficient (Wildman–Crippen LogP) is 3.87. The first-order valence-corrected chi connectivity index (χ1v) is 7.01. The van der Waals surface area contributed by atoms with Crippen LogP contribution < -0.4 is 9.47 Å². The lowest BCUT2D eigenvalue weighted by Gasteiger charge is -2.03. The maximum Gasteiger partial charge on any atom is 0.231 e. The van der Waals surface area contributed by atoms with Crippen LogP contribution in [0.25, 0.3) is 0 Å². The molecule has 6 heteroatoms. The van der Waals surface area contributed by atoms with Gasteiger partial charge in [-0.3, -0.25) is 0 Å². The fourth-order valence-electron chi connectivity index (χ4n) is 1.85. The van der Waals surface area contributed by atoms with Crippen molar-refractivity contribution in [1.29, 1.82) is 0 Å². The van der Waals surface area contributed by atoms with Crippen LogP contribution in [0.2, 0.25) is 0 Å². The van der Waals surface area contributed by atoms with Crippen molar-refractivity contribution >= 4 is 22.1 Å². The first-order chi connectivity index (χ1) is 10.2. The van der Waals surface area contributed by atoms with Crippen LogP contribution in [0.3, 0.4) is 0 Å². The van der Waals surface area contributed by atoms with E-state index < -0.39 is 0 Å². The van der Waals surface area contributed by atoms with Crippen molar-refractivity contribution in [3.63, 3.8) is 0 Å². The molecular weight excluding hydrogens is 341 g/mol. The molecule has 0 aliphatic carbocycles. The molecule has 0 spiro atoms. The van der Waals surface area contributed by atoms with Gasteiger partial charge in [-0.2, -0.15) is 0 Å². The van der Waals surface area contributed by atoms with E-state index in [9.17, 15) is 4.39 Å². The Hall–Kier alpha value is -2.08. The van der Waals surface area contributed by atoms with Crippen LogP contribution in [0, 0.1) is 5.82 Å². The highest BCUT2D eigenvalue weighted by Gasteiger charge is 2.15. The van der Waals surface area contributed by atoms with E-state index in [1.807, 2.05) is 0 Å². The molecule has 1 heterocycles. The first kappa shape index (κ1) is 13.9. The zero-order valence-corrected chi connectivity index (χ0v) is 12.5. The van der Waals surface area contributed by atoms with Crippen molar-refractivity contribution < 1.29 is 18.7 Å². The number of rotatable bonds is 4. The number of halogens is 2. The second-order valence-corrected chi connectivity index (χ2v) is 5.18. The molecule has 0 N–H and O–H groups in total. The molecule has 21 heavy (non-hydrogen) atoms. The van der Waals surface area contributed by atoms with Crippen LogP contribution in [-0.4, -0.2) is 13.0 Å². The molecule has 2 aromatic rings. The van der Waals surface area contributed by atoms with E-state index in [0.29, 0.717) is 17.1 Å². The minimum atomic E-state index is -0.308. The van der Waals surface area contributed by atoms with Crippen LogP contribution in [0.15, 0.2) is 46.0 Å². The topological polar surface area (TPSA) is 40.0 Å². The van der Waals surface area contributed by atoms with Crippen molar-refractivity contribution in [3.05, 3.63) is 57.8 Å². The largest absolute Gasteiger partial charge is 0.454 e. The van der Waals surface area contributed by atoms with Crippen LogP contribution >= 0.6 is 15.9 Å². The maximum atomic E-state index is 13.4. The van der Waals surface area contributed by atoms with Crippen LogP contribution in [0.4, 0.5) is 4.39 Å². The van der Waals surface area contributed by atoms with Gasteiger partial charge in [-0.05, 0) is 34.1 Å². The van der Waals surface area contributed by atoms with E-state index in [0.717, 1.165) is 10.0 Å². The highest BCUT2D eigenvalue weighted by Crippen LogP contribution is 2.36. The summed E-state index contributed by atoms with van der Waals surface area (Å²) in [7, 11) is 0. The van der Waals surface area contributed by atoms with E-state index in [-0.39, 0.29) is 19.2 Å². The fraction of sp³-hybridized carbons (Fsp3) is 0.133. The van der Waals surface area contributed by atoms with Crippen LogP contribution in [-0.2, 0) is 11.4 Å². The van der Waals surface area contributed by atoms with E-state index >= 15 is 0 Å². The summed E-state index contributed by atoms with van der Waals surface area (Å²) in [4.78, 5) is 5.12. The lowest BCUT2D eigenvalue weighted by Crippen LogP contribution is -1.93. The van der Waals surface area contributed by atoms with E-state index in [4.69, 9.17) is 14.3 Å². The van der Waals surface area contributed by atoms with E-state index in [1.165, 1.54) is 12.3 Å². The zero-order chi connectivity index (χ0) is 14.7. The van der Waals surface area contributed by atoms with Gasteiger partial charge in [-0.1, -0.05) is 23.4 Å². The molecular formula is C15H11BrFNO3. The Kier molecular flexibility index (Phi) is 4.06. The number of fused-ring (bicyclic) bond motifs is 1. The third kappa shape index (κ3) is 3.16. The highest BCUT2D eigenvalue weighted by molar-refractivity contribution is 9.10. The third-order valence-electron chi connectivity index (χ3n) is 2.94. The molecule has 0 radical (unpaired) electrons. The number of oxime groups is 1. The summed E-state index contributed by atoms with van der Waals surface area (Å²) in [6, 6.07) is 10.0. The van der Waals surface area contributed by atoms with E-state index in [2.05, 4.69) is 21.1 Å². The Labute approximate surface area is 129 Å². The normalized spacial score (nSPS) is 12.9. The molecule has 0 atom stereocenters. The zero-order valence-electron chi connectivity index (χ0n) is 10.9. The maximum absolute atomic E-state index is 13.4. The van der Waals surface area contributed by atoms with E-state index in [1.54, 1.807) is 30.3 Å². The van der Waals surface area contributed by atoms with Gasteiger partial charge < -0.3 is 14.3 Å². The van der Waals surface area contributed by atoms with Gasteiger partial charge in [-0.15, -0.1) is 0 Å². The van der Waals surface area contributed by atoms with Crippen molar-refractivity contribution in [1.82, 2.24) is 0 Å². The molecule has 0 fully saturated rings. The van der Waals surface area contributed by atoms with Gasteiger partial charge in [-0.25, -0.2) is 4.39 Å². The minimum absolute atomic E-state index is 0.0747. The van der Waals surface area contributed by atoms with Crippen molar-refractivity contribution in [2.75, 3.05) is 6.79 Å². The summed E-state index contributed by atoms with van der Waals surface area (Å²) in [6.07, 6.45) is 1.53. The van der Waals surface area contributed by atoms with Gasteiger partial charge in [0, 0.05) is 15.6 Å². The molecule has 4 nitrogen and oxygen atoms in total. The lowest BCUT2D eigenvalue weighted by molar-refractivity contribution is 0.129. The van der Waals surface area contributed by atoms with Crippen molar-refractivity contribution in [2.45, 2.75) is 6.61 Å². The number of ether oxygens (including phenoxy) is 2. The summed E-state index contributed by atoms with van der Waals surface area (Å²) >= 11 is 3.42. The molecule has 0 unspecified atom stereocenters. The predicted molar refractivity (Wildman–Crippen MR) is 79.0 cm³/mol. The summed E-state index contributed by atoms with van der Waals surface area (Å²) < 4.78 is 24.7. The highest BCUT2D eigenvalue weighted by atomic mass is 79.9. The number of hydrogen-bond donors (Lipinski definition) is 0. The van der Waals surface area contributed by atoms with Crippen LogP contribution in [0.1, 0.15) is 11.1 Å². The average Bonchev–Trinajstić information content (AvgIpc) is 2.92. The lowest BCUT2D eigenvalue weighted by atomic mass is 10.2. The molecule has 0 aromatic heterocycles. The Morgan fingerprint density at radius 3 is 2.81 bits per heavy atom. The molecule has 1 aliphatic rings. The second kappa shape index (κ2) is 6.13. The first-order valence-electron chi connectivity index (χ1n) is 6.22. The Bertz CT molecular complexity index is 691. The smallest absolute Gasteiger partial charge is 0.231 e. The molecule has 3 rings (SSSR count). The molecule has 1 aliphatic heterocycles. The molecule has 0 saturated carbocycles. The average molecular weight is 352 g/mol. The summed E-state index contributed by atoms with van der Waals surface area (Å²) in [5.74, 6) is 1.04. The van der Waals surface area contributed by atoms with Gasteiger partial charge in [0.15, 0.2) is 11.5 Å². The quantitative estimate of drug-likeness (QED) is 0.620. The Morgan fingerprint density at radius 1 is 1.24 bits per heavy atom. The SMILES string of the molecule is Fc1ccccc1CON=Cc1cc2c(cc1Br)OCO2. The molecule has 0 amide bonds. The number of hydrogen-bond acceptors (Lipinski definition) is 4. The Morgan fingerprint density at radius 2 is 2.00 bits per heavy atom. The van der Waals surface area contributed by atoms with Crippen molar-refractivity contribution in [2.24, 2.45) is 5.16 Å². The van der Waals surface area contributed by atoms with Gasteiger partial charge in [0.25, 0.3) is 0 Å². The summed E-state index contributed by atoms with van der Waals surface area (Å²) in [5, 5.41) is 3.85. The van der Waals surface area contributed by atoms with Crippen molar-refractivity contribution in [3.8, 4) is 11.5 Å². The molecule has 0 saturated heterocycles. The monoisotopic (exact) mass is 351 g/mol. The molecule has 0 bridgehead atoms. The van der Waals surface area contributed by atoms with Gasteiger partial charge >= 0.3 is 0 Å². The standard InChI is InChI=1S/C15H11BrFNO3/c16-12-6-15-14(19-9-20-15)5-11(12)7-18-21-8-10-3-1-2-4-13(10)17/h1-7H,8-9H2. The fourth-order valence-corrected chi connectivity index (χ4v) is 2.27. The third-order valence-corrected chi connectivity index (χ3v) is 3.62. The van der Waals surface area contributed by atoms with Crippen LogP contribution in [0.5, 0.6) is 11.5 Å². The minimum Gasteiger partial charge on any atom is -0.454 e. The Balaban J connectivity index is 1.66. The van der Waals surface area contributed by atoms with Gasteiger partial charge in [0.1, 0.15) is 12.4 Å². The van der Waals surface area contributed by atoms with Gasteiger partial charge in [0.05, 0.1) is 6.21 Å². The number of nitrogens with zero attached hydrogens (tertiary/aromatic N) is 1. The van der Waals surface area contributed by atoms with Gasteiger partial charge in [0.2, 0.25) is 6.79 Å².